The number of hydrogen-bond acceptors (Lipinski definition) is 5. The number of pyridine rings is 1. The fraction of sp³-hybridized carbons (Fsp3) is 0.238. The average Bonchev–Trinajstić information content (AvgIpc) is 3.11. The lowest BCUT2D eigenvalue weighted by molar-refractivity contribution is -0.117. The normalized spacial score (nSPS) is 12.7. The van der Waals surface area contributed by atoms with Crippen molar-refractivity contribution in [1.82, 2.24) is 19.7 Å². The van der Waals surface area contributed by atoms with E-state index in [-0.39, 0.29) is 5.69 Å². The molecule has 2 heterocycles. The molecule has 0 fully saturated rings. The van der Waals surface area contributed by atoms with Gasteiger partial charge in [-0.25, -0.2) is 9.67 Å². The van der Waals surface area contributed by atoms with Gasteiger partial charge in [-0.2, -0.15) is 5.10 Å². The van der Waals surface area contributed by atoms with E-state index in [1.807, 2.05) is 6.07 Å². The molecular weight excluding hydrogens is 370 g/mol. The van der Waals surface area contributed by atoms with Gasteiger partial charge in [0.15, 0.2) is 11.3 Å². The second kappa shape index (κ2) is 8.12. The molecule has 8 heteroatoms. The van der Waals surface area contributed by atoms with Gasteiger partial charge in [-0.1, -0.05) is 17.9 Å². The van der Waals surface area contributed by atoms with Crippen molar-refractivity contribution in [2.75, 3.05) is 13.6 Å². The van der Waals surface area contributed by atoms with E-state index in [4.69, 9.17) is 5.73 Å². The van der Waals surface area contributed by atoms with Crippen LogP contribution in [0.25, 0.3) is 16.7 Å². The van der Waals surface area contributed by atoms with E-state index >= 15 is 0 Å². The Balaban J connectivity index is 1.93. The van der Waals surface area contributed by atoms with Crippen LogP contribution in [0, 0.1) is 11.8 Å². The van der Waals surface area contributed by atoms with E-state index in [2.05, 4.69) is 21.9 Å². The van der Waals surface area contributed by atoms with Crippen LogP contribution in [0.1, 0.15) is 29.4 Å². The first-order valence-electron chi connectivity index (χ1n) is 8.96. The van der Waals surface area contributed by atoms with E-state index in [1.54, 1.807) is 50.5 Å². The van der Waals surface area contributed by atoms with Gasteiger partial charge in [0.05, 0.1) is 11.1 Å². The Hall–Kier alpha value is -3.70. The van der Waals surface area contributed by atoms with Crippen molar-refractivity contribution in [2.24, 2.45) is 5.73 Å². The Morgan fingerprint density at radius 2 is 2.17 bits per heavy atom. The van der Waals surface area contributed by atoms with Crippen LogP contribution in [0.2, 0.25) is 0 Å². The fourth-order valence-corrected chi connectivity index (χ4v) is 2.75. The zero-order chi connectivity index (χ0) is 21.0. The Kier molecular flexibility index (Phi) is 5.61. The van der Waals surface area contributed by atoms with Crippen LogP contribution in [-0.4, -0.2) is 56.3 Å². The van der Waals surface area contributed by atoms with E-state index in [9.17, 15) is 14.7 Å². The third-order valence-electron chi connectivity index (χ3n) is 4.37. The SMILES string of the molecule is CN(C=O)CC[C@@](C)(O)C#Cc1cccc(-n2nc(C(N)=O)c3cccnc32)c1. The minimum Gasteiger partial charge on any atom is -0.378 e. The van der Waals surface area contributed by atoms with Gasteiger partial charge >= 0.3 is 0 Å². The van der Waals surface area contributed by atoms with Crippen molar-refractivity contribution < 1.29 is 14.7 Å². The zero-order valence-electron chi connectivity index (χ0n) is 16.2. The van der Waals surface area contributed by atoms with Gasteiger partial charge in [-0.15, -0.1) is 0 Å². The summed E-state index contributed by atoms with van der Waals surface area (Å²) in [5, 5.41) is 15.3. The highest BCUT2D eigenvalue weighted by Gasteiger charge is 2.18. The molecule has 0 saturated heterocycles. The second-order valence-corrected chi connectivity index (χ2v) is 6.91. The van der Waals surface area contributed by atoms with E-state index < -0.39 is 11.5 Å². The smallest absolute Gasteiger partial charge is 0.269 e. The summed E-state index contributed by atoms with van der Waals surface area (Å²) in [6, 6.07) is 10.7. The third-order valence-corrected chi connectivity index (χ3v) is 4.37. The van der Waals surface area contributed by atoms with Gasteiger partial charge in [0.1, 0.15) is 5.60 Å². The van der Waals surface area contributed by atoms with E-state index in [0.717, 1.165) is 0 Å². The maximum atomic E-state index is 11.7. The van der Waals surface area contributed by atoms with Crippen LogP contribution in [0.15, 0.2) is 42.6 Å². The molecule has 3 rings (SSSR count). The maximum Gasteiger partial charge on any atom is 0.269 e. The number of aliphatic hydroxyl groups is 1. The lowest BCUT2D eigenvalue weighted by Gasteiger charge is -2.19. The van der Waals surface area contributed by atoms with Gasteiger partial charge < -0.3 is 15.7 Å². The molecule has 0 aliphatic carbocycles. The second-order valence-electron chi connectivity index (χ2n) is 6.91. The molecule has 8 nitrogen and oxygen atoms in total. The van der Waals surface area contributed by atoms with Gasteiger partial charge in [0.2, 0.25) is 6.41 Å². The van der Waals surface area contributed by atoms with Crippen molar-refractivity contribution in [2.45, 2.75) is 18.9 Å². The summed E-state index contributed by atoms with van der Waals surface area (Å²) in [5.41, 5.74) is 6.17. The molecule has 0 bridgehead atoms. The predicted octanol–water partition coefficient (Wildman–Crippen LogP) is 1.10. The number of hydrogen-bond donors (Lipinski definition) is 2. The molecule has 2 amide bonds. The summed E-state index contributed by atoms with van der Waals surface area (Å²) in [6.45, 7) is 2.00. The number of nitrogens with zero attached hydrogens (tertiary/aromatic N) is 4. The van der Waals surface area contributed by atoms with Crippen molar-refractivity contribution in [3.05, 3.63) is 53.9 Å². The zero-order valence-corrected chi connectivity index (χ0v) is 16.2. The summed E-state index contributed by atoms with van der Waals surface area (Å²) >= 11 is 0. The van der Waals surface area contributed by atoms with E-state index in [0.29, 0.717) is 41.7 Å². The number of rotatable bonds is 6. The van der Waals surface area contributed by atoms with Crippen LogP contribution >= 0.6 is 0 Å². The number of primary amides is 1. The van der Waals surface area contributed by atoms with Crippen molar-refractivity contribution in [3.63, 3.8) is 0 Å². The highest BCUT2D eigenvalue weighted by molar-refractivity contribution is 6.03. The van der Waals surface area contributed by atoms with Crippen LogP contribution < -0.4 is 5.73 Å². The Labute approximate surface area is 167 Å². The average molecular weight is 391 g/mol. The third kappa shape index (κ3) is 4.59. The predicted molar refractivity (Wildman–Crippen MR) is 108 cm³/mol. The standard InChI is InChI=1S/C21H21N5O3/c1-21(29,10-12-25(2)14-27)9-8-15-5-3-6-16(13-15)26-20-17(7-4-11-23-20)18(24-26)19(22)28/h3-7,11,13-14,29H,10,12H2,1-2H3,(H2,22,28)/t21-/m0/s1. The molecule has 1 aromatic carbocycles. The van der Waals surface area contributed by atoms with Crippen molar-refractivity contribution in [1.29, 1.82) is 0 Å². The minimum atomic E-state index is -1.24. The van der Waals surface area contributed by atoms with Crippen molar-refractivity contribution >= 4 is 23.4 Å². The van der Waals surface area contributed by atoms with Gasteiger partial charge in [-0.3, -0.25) is 9.59 Å². The lowest BCUT2D eigenvalue weighted by Crippen LogP contribution is -2.29. The highest BCUT2D eigenvalue weighted by Crippen LogP contribution is 2.20. The molecule has 3 aromatic rings. The Bertz CT molecular complexity index is 1120. The van der Waals surface area contributed by atoms with Crippen LogP contribution in [0.5, 0.6) is 0 Å². The molecule has 0 spiro atoms. The summed E-state index contributed by atoms with van der Waals surface area (Å²) in [7, 11) is 1.64. The molecule has 0 radical (unpaired) electrons. The molecule has 0 aliphatic rings. The monoisotopic (exact) mass is 391 g/mol. The molecule has 1 atom stereocenters. The molecule has 0 aliphatic heterocycles. The number of benzene rings is 1. The van der Waals surface area contributed by atoms with E-state index in [1.165, 1.54) is 9.58 Å². The van der Waals surface area contributed by atoms with Gasteiger partial charge in [-0.05, 0) is 37.3 Å². The molecule has 0 unspecified atom stereocenters. The maximum absolute atomic E-state index is 11.7. The lowest BCUT2D eigenvalue weighted by atomic mass is 10.0. The molecule has 0 saturated carbocycles. The van der Waals surface area contributed by atoms with Gasteiger partial charge in [0, 0.05) is 31.8 Å². The quantitative estimate of drug-likeness (QED) is 0.482. The van der Waals surface area contributed by atoms with Crippen LogP contribution in [-0.2, 0) is 4.79 Å². The molecular formula is C21H21N5O3. The largest absolute Gasteiger partial charge is 0.378 e. The molecule has 29 heavy (non-hydrogen) atoms. The summed E-state index contributed by atoms with van der Waals surface area (Å²) in [4.78, 5) is 28.1. The Morgan fingerprint density at radius 1 is 1.38 bits per heavy atom. The highest BCUT2D eigenvalue weighted by atomic mass is 16.3. The summed E-state index contributed by atoms with van der Waals surface area (Å²) in [5.74, 6) is 5.16. The van der Waals surface area contributed by atoms with Crippen LogP contribution in [0.3, 0.4) is 0 Å². The number of amides is 2. The summed E-state index contributed by atoms with van der Waals surface area (Å²) < 4.78 is 1.54. The topological polar surface area (TPSA) is 114 Å². The number of fused-ring (bicyclic) bond motifs is 1. The molecule has 2 aromatic heterocycles. The first-order chi connectivity index (χ1) is 13.8. The first-order valence-corrected chi connectivity index (χ1v) is 8.96. The molecule has 3 N–H and O–H groups in total. The number of carbonyl (C=O) groups excluding carboxylic acids is 2. The number of nitrogens with two attached hydrogens (primary N) is 1. The first kappa shape index (κ1) is 20.0. The summed E-state index contributed by atoms with van der Waals surface area (Å²) in [6.07, 6.45) is 2.64. The minimum absolute atomic E-state index is 0.145. The number of aromatic nitrogens is 3. The number of carbonyl (C=O) groups is 2. The van der Waals surface area contributed by atoms with Gasteiger partial charge in [0.25, 0.3) is 5.91 Å². The van der Waals surface area contributed by atoms with Crippen LogP contribution in [0.4, 0.5) is 0 Å². The van der Waals surface area contributed by atoms with Crippen molar-refractivity contribution in [3.8, 4) is 17.5 Å². The fourth-order valence-electron chi connectivity index (χ4n) is 2.75. The molecule has 148 valence electrons. The Morgan fingerprint density at radius 3 is 2.90 bits per heavy atom.